The third-order valence-corrected chi connectivity index (χ3v) is 10.8. The molecule has 0 unspecified atom stereocenters. The van der Waals surface area contributed by atoms with Crippen molar-refractivity contribution in [2.45, 2.75) is 57.2 Å². The van der Waals surface area contributed by atoms with Crippen LogP contribution in [-0.4, -0.2) is 61.5 Å². The lowest BCUT2D eigenvalue weighted by Crippen LogP contribution is -2.43. The molecule has 2 fully saturated rings. The van der Waals surface area contributed by atoms with Gasteiger partial charge in [-0.25, -0.2) is 22.5 Å². The number of nitrogens with two attached hydrogens (primary N) is 1. The third kappa shape index (κ3) is 4.90. The van der Waals surface area contributed by atoms with Gasteiger partial charge in [0.25, 0.3) is 6.43 Å². The summed E-state index contributed by atoms with van der Waals surface area (Å²) in [6.45, 7) is 1.52. The van der Waals surface area contributed by atoms with Crippen molar-refractivity contribution in [1.82, 2.24) is 30.0 Å². The van der Waals surface area contributed by atoms with Crippen molar-refractivity contribution < 1.29 is 27.0 Å². The summed E-state index contributed by atoms with van der Waals surface area (Å²) in [4.78, 5) is 15.4. The van der Waals surface area contributed by atoms with Gasteiger partial charge < -0.3 is 20.5 Å². The van der Waals surface area contributed by atoms with Gasteiger partial charge in [-0.1, -0.05) is 17.7 Å². The number of rotatable bonds is 8. The molecule has 8 rings (SSSR count). The maximum absolute atomic E-state index is 15.0. The molecule has 248 valence electrons. The first-order valence-electron chi connectivity index (χ1n) is 15.2. The van der Waals surface area contributed by atoms with E-state index in [1.165, 1.54) is 6.07 Å². The maximum Gasteiger partial charge on any atom is 0.319 e. The Kier molecular flexibility index (Phi) is 7.55. The van der Waals surface area contributed by atoms with Gasteiger partial charge in [0.15, 0.2) is 0 Å². The van der Waals surface area contributed by atoms with E-state index in [2.05, 4.69) is 36.5 Å². The molecule has 5 aromatic rings. The van der Waals surface area contributed by atoms with Crippen molar-refractivity contribution in [1.29, 1.82) is 5.26 Å². The number of thiophene rings is 1. The summed E-state index contributed by atoms with van der Waals surface area (Å²) < 4.78 is 68.2. The van der Waals surface area contributed by atoms with Crippen LogP contribution in [0.15, 0.2) is 12.1 Å². The molecule has 11 nitrogen and oxygen atoms in total. The van der Waals surface area contributed by atoms with Gasteiger partial charge in [0.1, 0.15) is 41.3 Å². The van der Waals surface area contributed by atoms with Crippen LogP contribution in [0.3, 0.4) is 0 Å². The number of halogens is 5. The number of nitrogen functional groups attached to an aromatic ring is 1. The van der Waals surface area contributed by atoms with Crippen molar-refractivity contribution >= 4 is 54.7 Å². The number of benzene rings is 2. The zero-order chi connectivity index (χ0) is 33.3. The Bertz CT molecular complexity index is 2150. The van der Waals surface area contributed by atoms with E-state index in [1.54, 1.807) is 6.07 Å². The molecule has 3 aliphatic rings. The molecule has 3 aromatic heterocycles. The molecule has 2 saturated heterocycles. The average Bonchev–Trinajstić information content (AvgIpc) is 3.88. The minimum Gasteiger partial charge on any atom is -0.461 e. The van der Waals surface area contributed by atoms with E-state index in [1.807, 2.05) is 0 Å². The number of hydrogen-bond donors (Lipinski definition) is 3. The number of aromatic amines is 1. The normalized spacial score (nSPS) is 20.6. The molecule has 0 saturated carbocycles. The van der Waals surface area contributed by atoms with Crippen molar-refractivity contribution in [3.8, 4) is 23.2 Å². The minimum atomic E-state index is -2.85. The van der Waals surface area contributed by atoms with Gasteiger partial charge in [0.2, 0.25) is 5.82 Å². The van der Waals surface area contributed by atoms with Crippen LogP contribution >= 0.6 is 22.9 Å². The molecule has 2 atom stereocenters. The van der Waals surface area contributed by atoms with Gasteiger partial charge in [-0.15, -0.1) is 11.3 Å². The second-order valence-electron chi connectivity index (χ2n) is 12.1. The molecule has 6 heterocycles. The number of alkyl halides is 3. The fourth-order valence-corrected chi connectivity index (χ4v) is 8.60. The smallest absolute Gasteiger partial charge is 0.319 e. The molecule has 0 spiro atoms. The van der Waals surface area contributed by atoms with E-state index in [4.69, 9.17) is 31.8 Å². The van der Waals surface area contributed by atoms with Crippen molar-refractivity contribution in [3.05, 3.63) is 51.3 Å². The number of fused-ring (bicyclic) bond motifs is 5. The molecule has 17 heteroatoms. The number of hydrogen-bond acceptors (Lipinski definition) is 11. The molecule has 4 N–H and O–H groups in total. The van der Waals surface area contributed by atoms with Crippen LogP contribution in [-0.2, 0) is 24.5 Å². The number of nitrogens with one attached hydrogen (secondary N) is 2. The monoisotopic (exact) mass is 699 g/mol. The highest BCUT2D eigenvalue weighted by molar-refractivity contribution is 7.23. The van der Waals surface area contributed by atoms with E-state index in [0.29, 0.717) is 46.0 Å². The lowest BCUT2D eigenvalue weighted by Gasteiger charge is -2.30. The van der Waals surface area contributed by atoms with E-state index >= 15 is 4.39 Å². The molecule has 0 aliphatic carbocycles. The van der Waals surface area contributed by atoms with Gasteiger partial charge in [-0.3, -0.25) is 10.00 Å². The number of ether oxygens (including phenoxy) is 2. The molecular formula is C31H26ClF4N9O2S. The quantitative estimate of drug-likeness (QED) is 0.155. The summed E-state index contributed by atoms with van der Waals surface area (Å²) in [7, 11) is 0. The Morgan fingerprint density at radius 2 is 2.08 bits per heavy atom. The lowest BCUT2D eigenvalue weighted by molar-refractivity contribution is 0.107. The zero-order valence-electron chi connectivity index (χ0n) is 25.0. The number of nitrogens with zero attached hydrogens (tertiary/aromatic N) is 6. The zero-order valence-corrected chi connectivity index (χ0v) is 26.6. The second kappa shape index (κ2) is 11.7. The van der Waals surface area contributed by atoms with Crippen molar-refractivity contribution in [3.63, 3.8) is 0 Å². The van der Waals surface area contributed by atoms with Crippen LogP contribution in [0, 0.1) is 17.1 Å². The summed E-state index contributed by atoms with van der Waals surface area (Å²) in [5.41, 5.74) is 8.45. The molecule has 0 bridgehead atoms. The van der Waals surface area contributed by atoms with E-state index < -0.39 is 29.8 Å². The Labute approximate surface area is 279 Å². The molecule has 2 aromatic carbocycles. The SMILES string of the molecule is N#Cc1c(N)sc2c(F)ccc(-c3c4c(c5c(NCc6nc(C(F)F)n[nH]6)nc(OC[C@@]67CCCN6C[C@H](F)C7)nc5c3Cl)COC4)c12. The number of anilines is 2. The maximum atomic E-state index is 15.0. The highest BCUT2D eigenvalue weighted by Crippen LogP contribution is 2.49. The largest absolute Gasteiger partial charge is 0.461 e. The summed E-state index contributed by atoms with van der Waals surface area (Å²) in [6, 6.07) is 4.92. The number of H-pyrrole nitrogens is 1. The highest BCUT2D eigenvalue weighted by Gasteiger charge is 2.49. The van der Waals surface area contributed by atoms with Gasteiger partial charge in [-0.05, 0) is 42.1 Å². The van der Waals surface area contributed by atoms with Gasteiger partial charge >= 0.3 is 6.01 Å². The Morgan fingerprint density at radius 3 is 2.88 bits per heavy atom. The van der Waals surface area contributed by atoms with E-state index in [0.717, 1.165) is 30.7 Å². The van der Waals surface area contributed by atoms with Gasteiger partial charge in [0.05, 0.1) is 51.5 Å². The molecular weight excluding hydrogens is 674 g/mol. The van der Waals surface area contributed by atoms with Crippen molar-refractivity contribution in [2.75, 3.05) is 30.7 Å². The summed E-state index contributed by atoms with van der Waals surface area (Å²) in [6.07, 6.45) is -1.78. The predicted molar refractivity (Wildman–Crippen MR) is 170 cm³/mol. The first-order chi connectivity index (χ1) is 23.2. The molecule has 48 heavy (non-hydrogen) atoms. The first-order valence-corrected chi connectivity index (χ1v) is 16.4. The van der Waals surface area contributed by atoms with Gasteiger partial charge in [0, 0.05) is 23.9 Å². The fourth-order valence-electron chi connectivity index (χ4n) is 7.30. The Morgan fingerprint density at radius 1 is 1.25 bits per heavy atom. The van der Waals surface area contributed by atoms with E-state index in [-0.39, 0.29) is 69.8 Å². The van der Waals surface area contributed by atoms with Crippen LogP contribution in [0.25, 0.3) is 32.1 Å². The lowest BCUT2D eigenvalue weighted by atomic mass is 9.91. The highest BCUT2D eigenvalue weighted by atomic mass is 35.5. The predicted octanol–water partition coefficient (Wildman–Crippen LogP) is 6.41. The fraction of sp³-hybridized carbons (Fsp3) is 0.387. The average molecular weight is 700 g/mol. The number of nitriles is 1. The first kappa shape index (κ1) is 31.0. The van der Waals surface area contributed by atoms with E-state index in [9.17, 15) is 18.4 Å². The summed E-state index contributed by atoms with van der Waals surface area (Å²) in [5.74, 6) is -0.739. The minimum absolute atomic E-state index is 0.0344. The van der Waals surface area contributed by atoms with Crippen LogP contribution in [0.1, 0.15) is 54.0 Å². The number of aromatic nitrogens is 5. The molecule has 0 amide bonds. The third-order valence-electron chi connectivity index (χ3n) is 9.37. The summed E-state index contributed by atoms with van der Waals surface area (Å²) in [5, 5.41) is 20.4. The standard InChI is InChI=1S/C31H26ClF4N9O2S/c32-23-20(14-2-3-18(34)25-21(14)15(7-37)27(38)48-25)16-10-46-11-17(16)22-24(23)41-30(47-12-31-4-1-5-45(31)9-13(33)6-31)42-28(22)39-8-19-40-29(26(35)36)44-43-19/h2-3,13,26H,1,4-6,8-12,38H2,(H,39,41,42)(H,40,43,44)/t13-,31+/m1/s1. The molecule has 3 aliphatic heterocycles. The van der Waals surface area contributed by atoms with Crippen LogP contribution < -0.4 is 15.8 Å². The van der Waals surface area contributed by atoms with Crippen LogP contribution in [0.2, 0.25) is 5.02 Å². The van der Waals surface area contributed by atoms with Crippen molar-refractivity contribution in [2.24, 2.45) is 0 Å². The van der Waals surface area contributed by atoms with Crippen LogP contribution in [0.5, 0.6) is 6.01 Å². The topological polar surface area (TPSA) is 151 Å². The summed E-state index contributed by atoms with van der Waals surface area (Å²) >= 11 is 8.21. The molecule has 0 radical (unpaired) electrons. The second-order valence-corrected chi connectivity index (χ2v) is 13.6. The Hall–Kier alpha value is -4.30. The van der Waals surface area contributed by atoms with Crippen LogP contribution in [0.4, 0.5) is 28.4 Å². The Balaban J connectivity index is 1.29. The van der Waals surface area contributed by atoms with Gasteiger partial charge in [-0.2, -0.15) is 20.3 Å².